The molecule has 1 heterocycles. The Hall–Kier alpha value is -0.140. The number of nitrogens with zero attached hydrogens (tertiary/aromatic N) is 1. The van der Waals surface area contributed by atoms with Gasteiger partial charge >= 0.3 is 0 Å². The van der Waals surface area contributed by atoms with E-state index in [0.29, 0.717) is 10.5 Å². The second-order valence-electron chi connectivity index (χ2n) is 3.57. The van der Waals surface area contributed by atoms with E-state index in [2.05, 4.69) is 40.5 Å². The van der Waals surface area contributed by atoms with Gasteiger partial charge in [0.1, 0.15) is 0 Å². The standard InChI is InChI=1S/C10H14BrNOS/c1-8(2)14-9-4-6-12(7-9)10(13)3-5-11/h8-9H,4,6-7H2,1-2H3. The zero-order valence-electron chi connectivity index (χ0n) is 8.42. The van der Waals surface area contributed by atoms with E-state index in [9.17, 15) is 4.79 Å². The molecule has 0 N–H and O–H groups in total. The summed E-state index contributed by atoms with van der Waals surface area (Å²) in [5, 5.41) is 1.23. The summed E-state index contributed by atoms with van der Waals surface area (Å²) >= 11 is 4.89. The van der Waals surface area contributed by atoms with Gasteiger partial charge in [-0.1, -0.05) is 13.8 Å². The molecule has 78 valence electrons. The van der Waals surface area contributed by atoms with Crippen molar-refractivity contribution in [2.75, 3.05) is 13.1 Å². The van der Waals surface area contributed by atoms with Crippen LogP contribution in [0.3, 0.4) is 0 Å². The molecule has 14 heavy (non-hydrogen) atoms. The van der Waals surface area contributed by atoms with E-state index in [1.807, 2.05) is 16.7 Å². The van der Waals surface area contributed by atoms with Crippen molar-refractivity contribution in [2.24, 2.45) is 0 Å². The SMILES string of the molecule is CC(C)SC1CCN(C(=O)C#CBr)C1. The predicted octanol–water partition coefficient (Wildman–Crippen LogP) is 2.08. The highest BCUT2D eigenvalue weighted by Crippen LogP contribution is 2.25. The number of amides is 1. The molecule has 0 radical (unpaired) electrons. The third-order valence-electron chi connectivity index (χ3n) is 2.05. The van der Waals surface area contributed by atoms with Crippen molar-refractivity contribution in [3.05, 3.63) is 0 Å². The van der Waals surface area contributed by atoms with Gasteiger partial charge in [0, 0.05) is 40.2 Å². The molecule has 1 rings (SSSR count). The summed E-state index contributed by atoms with van der Waals surface area (Å²) in [5.41, 5.74) is 0. The molecular formula is C10H14BrNOS. The second kappa shape index (κ2) is 5.67. The Morgan fingerprint density at radius 2 is 2.36 bits per heavy atom. The molecule has 0 bridgehead atoms. The Kier molecular flexibility index (Phi) is 4.83. The monoisotopic (exact) mass is 275 g/mol. The topological polar surface area (TPSA) is 20.3 Å². The van der Waals surface area contributed by atoms with Crippen LogP contribution in [0.5, 0.6) is 0 Å². The van der Waals surface area contributed by atoms with E-state index < -0.39 is 0 Å². The Labute approximate surface area is 97.9 Å². The quantitative estimate of drug-likeness (QED) is 0.720. The lowest BCUT2D eigenvalue weighted by Gasteiger charge is -2.14. The van der Waals surface area contributed by atoms with Crippen LogP contribution >= 0.6 is 27.7 Å². The van der Waals surface area contributed by atoms with Gasteiger partial charge in [-0.25, -0.2) is 0 Å². The Bertz CT molecular complexity index is 269. The number of hydrogen-bond acceptors (Lipinski definition) is 2. The molecule has 1 aliphatic rings. The lowest BCUT2D eigenvalue weighted by Crippen LogP contribution is -2.27. The molecule has 0 aromatic carbocycles. The molecule has 1 unspecified atom stereocenters. The average molecular weight is 276 g/mol. The van der Waals surface area contributed by atoms with Crippen LogP contribution in [-0.4, -0.2) is 34.4 Å². The molecular weight excluding hydrogens is 262 g/mol. The maximum Gasteiger partial charge on any atom is 0.299 e. The Balaban J connectivity index is 2.39. The number of thioether (sulfide) groups is 1. The van der Waals surface area contributed by atoms with E-state index in [1.165, 1.54) is 0 Å². The van der Waals surface area contributed by atoms with E-state index in [0.717, 1.165) is 19.5 Å². The van der Waals surface area contributed by atoms with Crippen molar-refractivity contribution in [1.29, 1.82) is 0 Å². The molecule has 0 aromatic rings. The fourth-order valence-corrected chi connectivity index (χ4v) is 2.98. The first kappa shape index (κ1) is 11.9. The highest BCUT2D eigenvalue weighted by molar-refractivity contribution is 9.12. The zero-order valence-corrected chi connectivity index (χ0v) is 10.8. The average Bonchev–Trinajstić information content (AvgIpc) is 2.52. The summed E-state index contributed by atoms with van der Waals surface area (Å²) in [6.45, 7) is 6.08. The van der Waals surface area contributed by atoms with Crippen LogP contribution in [0, 0.1) is 10.8 Å². The molecule has 4 heteroatoms. The summed E-state index contributed by atoms with van der Waals surface area (Å²) in [4.78, 5) is 15.7. The van der Waals surface area contributed by atoms with Gasteiger partial charge in [-0.2, -0.15) is 11.8 Å². The molecule has 1 saturated heterocycles. The van der Waals surface area contributed by atoms with Crippen LogP contribution in [0.15, 0.2) is 0 Å². The maximum atomic E-state index is 11.4. The lowest BCUT2D eigenvalue weighted by atomic mass is 10.4. The largest absolute Gasteiger partial charge is 0.331 e. The number of likely N-dealkylation sites (tertiary alicyclic amines) is 1. The molecule has 1 amide bonds. The van der Waals surface area contributed by atoms with Crippen molar-refractivity contribution in [1.82, 2.24) is 4.90 Å². The van der Waals surface area contributed by atoms with Gasteiger partial charge in [0.05, 0.1) is 0 Å². The van der Waals surface area contributed by atoms with Gasteiger partial charge in [0.15, 0.2) is 0 Å². The van der Waals surface area contributed by atoms with Gasteiger partial charge < -0.3 is 4.90 Å². The molecule has 0 aliphatic carbocycles. The minimum atomic E-state index is -0.0614. The van der Waals surface area contributed by atoms with Gasteiger partial charge in [-0.15, -0.1) is 0 Å². The Morgan fingerprint density at radius 3 is 2.93 bits per heavy atom. The van der Waals surface area contributed by atoms with Crippen LogP contribution in [-0.2, 0) is 4.79 Å². The fourth-order valence-electron chi connectivity index (χ4n) is 1.53. The lowest BCUT2D eigenvalue weighted by molar-refractivity contribution is -0.124. The van der Waals surface area contributed by atoms with E-state index in [4.69, 9.17) is 0 Å². The van der Waals surface area contributed by atoms with Gasteiger partial charge in [0.25, 0.3) is 5.91 Å². The minimum absolute atomic E-state index is 0.0614. The summed E-state index contributed by atoms with van der Waals surface area (Å²) < 4.78 is 0. The van der Waals surface area contributed by atoms with Gasteiger partial charge in [0.2, 0.25) is 0 Å². The predicted molar refractivity (Wildman–Crippen MR) is 64.4 cm³/mol. The first-order valence-electron chi connectivity index (χ1n) is 4.69. The maximum absolute atomic E-state index is 11.4. The molecule has 1 aliphatic heterocycles. The fraction of sp³-hybridized carbons (Fsp3) is 0.700. The number of carbonyl (C=O) groups excluding carboxylic acids is 1. The molecule has 0 aromatic heterocycles. The number of halogens is 1. The number of hydrogen-bond donors (Lipinski definition) is 0. The summed E-state index contributed by atoms with van der Waals surface area (Å²) in [7, 11) is 0. The smallest absolute Gasteiger partial charge is 0.299 e. The highest BCUT2D eigenvalue weighted by Gasteiger charge is 2.26. The third-order valence-corrected chi connectivity index (χ3v) is 3.56. The van der Waals surface area contributed by atoms with Crippen LogP contribution in [0.2, 0.25) is 0 Å². The molecule has 1 fully saturated rings. The van der Waals surface area contributed by atoms with Crippen LogP contribution in [0.25, 0.3) is 0 Å². The highest BCUT2D eigenvalue weighted by atomic mass is 79.9. The van der Waals surface area contributed by atoms with E-state index >= 15 is 0 Å². The van der Waals surface area contributed by atoms with Gasteiger partial charge in [-0.3, -0.25) is 4.79 Å². The van der Waals surface area contributed by atoms with Crippen LogP contribution < -0.4 is 0 Å². The molecule has 2 nitrogen and oxygen atoms in total. The van der Waals surface area contributed by atoms with E-state index in [1.54, 1.807) is 0 Å². The molecule has 1 atom stereocenters. The summed E-state index contributed by atoms with van der Waals surface area (Å²) in [5.74, 6) is 2.44. The second-order valence-corrected chi connectivity index (χ2v) is 5.84. The van der Waals surface area contributed by atoms with Crippen molar-refractivity contribution in [2.45, 2.75) is 30.8 Å². The number of rotatable bonds is 2. The van der Waals surface area contributed by atoms with E-state index in [-0.39, 0.29) is 5.91 Å². The normalized spacial score (nSPS) is 20.9. The van der Waals surface area contributed by atoms with Crippen LogP contribution in [0.4, 0.5) is 0 Å². The first-order chi connectivity index (χ1) is 6.63. The molecule has 0 saturated carbocycles. The van der Waals surface area contributed by atoms with Gasteiger partial charge in [-0.05, 0) is 16.5 Å². The van der Waals surface area contributed by atoms with Crippen molar-refractivity contribution >= 4 is 33.6 Å². The summed E-state index contributed by atoms with van der Waals surface area (Å²) in [6, 6.07) is 0. The minimum Gasteiger partial charge on any atom is -0.331 e. The first-order valence-corrected chi connectivity index (χ1v) is 6.43. The zero-order chi connectivity index (χ0) is 10.6. The van der Waals surface area contributed by atoms with Crippen LogP contribution in [0.1, 0.15) is 20.3 Å². The van der Waals surface area contributed by atoms with Crippen molar-refractivity contribution < 1.29 is 4.79 Å². The Morgan fingerprint density at radius 1 is 1.64 bits per heavy atom. The van der Waals surface area contributed by atoms with Crippen molar-refractivity contribution in [3.8, 4) is 10.8 Å². The summed E-state index contributed by atoms with van der Waals surface area (Å²) in [6.07, 6.45) is 1.10. The number of carbonyl (C=O) groups is 1. The van der Waals surface area contributed by atoms with Crippen molar-refractivity contribution in [3.63, 3.8) is 0 Å². The third kappa shape index (κ3) is 3.55. The molecule has 0 spiro atoms.